The summed E-state index contributed by atoms with van der Waals surface area (Å²) in [4.78, 5) is 9.88. The molecular formula is C24H33N3O2. The summed E-state index contributed by atoms with van der Waals surface area (Å²) in [5, 5.41) is 2.31. The molecule has 1 aliphatic carbocycles. The fourth-order valence-corrected chi connectivity index (χ4v) is 5.19. The van der Waals surface area contributed by atoms with Crippen molar-refractivity contribution in [1.29, 1.82) is 0 Å². The van der Waals surface area contributed by atoms with Crippen LogP contribution in [0.4, 0.5) is 0 Å². The highest BCUT2D eigenvalue weighted by atomic mass is 16.5. The Kier molecular flexibility index (Phi) is 5.97. The van der Waals surface area contributed by atoms with Crippen LogP contribution in [0, 0.1) is 0 Å². The summed E-state index contributed by atoms with van der Waals surface area (Å²) in [6.45, 7) is 6.34. The molecule has 0 spiro atoms. The second-order valence-electron chi connectivity index (χ2n) is 8.79. The molecule has 0 aromatic heterocycles. The van der Waals surface area contributed by atoms with E-state index < -0.39 is 0 Å². The highest BCUT2D eigenvalue weighted by Crippen LogP contribution is 2.28. The van der Waals surface area contributed by atoms with Crippen molar-refractivity contribution in [2.75, 3.05) is 33.0 Å². The van der Waals surface area contributed by atoms with E-state index in [1.165, 1.54) is 54.9 Å². The predicted molar refractivity (Wildman–Crippen MR) is 114 cm³/mol. The van der Waals surface area contributed by atoms with Gasteiger partial charge in [-0.25, -0.2) is 0 Å². The fraction of sp³-hybridized carbons (Fsp3) is 0.625. The van der Waals surface area contributed by atoms with Gasteiger partial charge in [-0.15, -0.1) is 0 Å². The van der Waals surface area contributed by atoms with Crippen molar-refractivity contribution in [3.63, 3.8) is 0 Å². The summed E-state index contributed by atoms with van der Waals surface area (Å²) < 4.78 is 11.9. The Morgan fingerprint density at radius 1 is 1.07 bits per heavy atom. The minimum absolute atomic E-state index is 0.663. The van der Waals surface area contributed by atoms with Crippen LogP contribution in [0.1, 0.15) is 56.1 Å². The van der Waals surface area contributed by atoms with Crippen LogP contribution in [0.2, 0.25) is 0 Å². The van der Waals surface area contributed by atoms with Gasteiger partial charge in [0.25, 0.3) is 0 Å². The molecule has 5 nitrogen and oxygen atoms in total. The number of morpholine rings is 1. The minimum atomic E-state index is 0.663. The fourth-order valence-electron chi connectivity index (χ4n) is 5.19. The highest BCUT2D eigenvalue weighted by Gasteiger charge is 2.27. The second kappa shape index (κ2) is 8.99. The maximum atomic E-state index is 6.37. The van der Waals surface area contributed by atoms with Crippen molar-refractivity contribution < 1.29 is 9.47 Å². The molecule has 3 heterocycles. The number of benzene rings is 1. The molecule has 4 aliphatic rings. The van der Waals surface area contributed by atoms with Gasteiger partial charge in [-0.2, -0.15) is 0 Å². The zero-order chi connectivity index (χ0) is 19.5. The first-order chi connectivity index (χ1) is 14.4. The SMILES string of the molecule is C1=CN=c2c3c(cc(CN4CCOCC4)c2=CC1)CN(C1CCCCCC1)CO3. The number of nitrogens with zero attached hydrogens (tertiary/aromatic N) is 3. The van der Waals surface area contributed by atoms with Crippen LogP contribution in [0.3, 0.4) is 0 Å². The number of hydrogen-bond donors (Lipinski definition) is 0. The Morgan fingerprint density at radius 2 is 1.90 bits per heavy atom. The molecule has 29 heavy (non-hydrogen) atoms. The largest absolute Gasteiger partial charge is 0.475 e. The van der Waals surface area contributed by atoms with Crippen molar-refractivity contribution in [2.24, 2.45) is 4.99 Å². The third kappa shape index (κ3) is 4.27. The Hall–Kier alpha value is -1.69. The van der Waals surface area contributed by atoms with E-state index >= 15 is 0 Å². The second-order valence-corrected chi connectivity index (χ2v) is 8.79. The minimum Gasteiger partial charge on any atom is -0.475 e. The van der Waals surface area contributed by atoms with Crippen LogP contribution in [-0.4, -0.2) is 48.9 Å². The summed E-state index contributed by atoms with van der Waals surface area (Å²) in [6.07, 6.45) is 15.4. The third-order valence-electron chi connectivity index (χ3n) is 6.81. The van der Waals surface area contributed by atoms with E-state index in [0.717, 1.165) is 56.9 Å². The average molecular weight is 396 g/mol. The van der Waals surface area contributed by atoms with Gasteiger partial charge in [0, 0.05) is 49.2 Å². The van der Waals surface area contributed by atoms with E-state index in [1.807, 2.05) is 6.20 Å². The maximum Gasteiger partial charge on any atom is 0.152 e. The van der Waals surface area contributed by atoms with Crippen LogP contribution in [0.15, 0.2) is 23.3 Å². The maximum absolute atomic E-state index is 6.37. The van der Waals surface area contributed by atoms with Gasteiger partial charge in [0.05, 0.1) is 13.2 Å². The van der Waals surface area contributed by atoms with E-state index in [0.29, 0.717) is 12.8 Å². The van der Waals surface area contributed by atoms with Gasteiger partial charge in [0.15, 0.2) is 5.75 Å². The summed E-state index contributed by atoms with van der Waals surface area (Å²) in [5.41, 5.74) is 2.70. The first kappa shape index (κ1) is 19.3. The molecule has 0 amide bonds. The smallest absolute Gasteiger partial charge is 0.152 e. The lowest BCUT2D eigenvalue weighted by atomic mass is 10.0. The molecule has 5 heteroatoms. The lowest BCUT2D eigenvalue weighted by Gasteiger charge is -2.35. The van der Waals surface area contributed by atoms with Gasteiger partial charge in [-0.05, 0) is 30.9 Å². The summed E-state index contributed by atoms with van der Waals surface area (Å²) in [6, 6.07) is 3.07. The van der Waals surface area contributed by atoms with Crippen LogP contribution in [0.25, 0.3) is 6.08 Å². The Balaban J connectivity index is 1.48. The molecule has 1 saturated heterocycles. The van der Waals surface area contributed by atoms with Crippen molar-refractivity contribution in [3.05, 3.63) is 40.0 Å². The first-order valence-electron chi connectivity index (χ1n) is 11.4. The van der Waals surface area contributed by atoms with E-state index in [-0.39, 0.29) is 0 Å². The van der Waals surface area contributed by atoms with Crippen LogP contribution in [0.5, 0.6) is 5.75 Å². The number of rotatable bonds is 3. The average Bonchev–Trinajstić information content (AvgIpc) is 3.18. The quantitative estimate of drug-likeness (QED) is 0.738. The van der Waals surface area contributed by atoms with Gasteiger partial charge in [0.2, 0.25) is 0 Å². The molecular weight excluding hydrogens is 362 g/mol. The van der Waals surface area contributed by atoms with Crippen molar-refractivity contribution in [1.82, 2.24) is 9.80 Å². The zero-order valence-corrected chi connectivity index (χ0v) is 17.4. The molecule has 156 valence electrons. The van der Waals surface area contributed by atoms with Crippen molar-refractivity contribution >= 4 is 6.08 Å². The van der Waals surface area contributed by atoms with Gasteiger partial charge >= 0.3 is 0 Å². The molecule has 3 aliphatic heterocycles. The molecule has 1 aromatic carbocycles. The lowest BCUT2D eigenvalue weighted by Crippen LogP contribution is -2.44. The topological polar surface area (TPSA) is 37.3 Å². The molecule has 0 unspecified atom stereocenters. The summed E-state index contributed by atoms with van der Waals surface area (Å²) >= 11 is 0. The molecule has 0 radical (unpaired) electrons. The number of ether oxygens (including phenoxy) is 2. The van der Waals surface area contributed by atoms with E-state index in [9.17, 15) is 0 Å². The third-order valence-corrected chi connectivity index (χ3v) is 6.81. The van der Waals surface area contributed by atoms with Crippen LogP contribution >= 0.6 is 0 Å². The van der Waals surface area contributed by atoms with Crippen LogP contribution in [-0.2, 0) is 17.8 Å². The molecule has 2 fully saturated rings. The van der Waals surface area contributed by atoms with Gasteiger partial charge in [-0.3, -0.25) is 14.8 Å². The number of allylic oxidation sites excluding steroid dienone is 1. The van der Waals surface area contributed by atoms with Crippen molar-refractivity contribution in [2.45, 2.75) is 64.1 Å². The van der Waals surface area contributed by atoms with E-state index in [1.54, 1.807) is 0 Å². The predicted octanol–water partition coefficient (Wildman–Crippen LogP) is 2.71. The standard InChI is InChI=1S/C24H33N3O2/c1-2-4-8-21(7-3-1)27-17-20-15-19(16-26-11-13-28-14-12-26)22-9-5-6-10-25-23(22)24(20)29-18-27/h6,9-10,15,21H,1-5,7-8,11-14,16-18H2. The van der Waals surface area contributed by atoms with Gasteiger partial charge < -0.3 is 9.47 Å². The summed E-state index contributed by atoms with van der Waals surface area (Å²) in [7, 11) is 0. The van der Waals surface area contributed by atoms with Gasteiger partial charge in [0.1, 0.15) is 12.1 Å². The lowest BCUT2D eigenvalue weighted by molar-refractivity contribution is 0.0336. The van der Waals surface area contributed by atoms with Crippen molar-refractivity contribution in [3.8, 4) is 5.75 Å². The van der Waals surface area contributed by atoms with E-state index in [2.05, 4.69) is 28.0 Å². The normalized spacial score (nSPS) is 23.7. The Bertz CT molecular complexity index is 865. The molecule has 5 rings (SSSR count). The Morgan fingerprint density at radius 3 is 2.72 bits per heavy atom. The van der Waals surface area contributed by atoms with Crippen LogP contribution < -0.4 is 15.3 Å². The molecule has 0 N–H and O–H groups in total. The number of hydrogen-bond acceptors (Lipinski definition) is 5. The first-order valence-corrected chi connectivity index (χ1v) is 11.4. The Labute approximate surface area is 173 Å². The van der Waals surface area contributed by atoms with Gasteiger partial charge in [-0.1, -0.05) is 37.8 Å². The molecule has 1 aromatic rings. The molecule has 0 bridgehead atoms. The molecule has 0 atom stereocenters. The monoisotopic (exact) mass is 395 g/mol. The number of fused-ring (bicyclic) bond motifs is 3. The highest BCUT2D eigenvalue weighted by molar-refractivity contribution is 5.44. The summed E-state index contributed by atoms with van der Waals surface area (Å²) in [5.74, 6) is 1.01. The van der Waals surface area contributed by atoms with E-state index in [4.69, 9.17) is 14.5 Å². The molecule has 1 saturated carbocycles. The zero-order valence-electron chi connectivity index (χ0n) is 17.4.